The van der Waals surface area contributed by atoms with Crippen LogP contribution in [0.5, 0.6) is 5.75 Å². The second-order valence-electron chi connectivity index (χ2n) is 6.53. The topological polar surface area (TPSA) is 35.2 Å². The number of methoxy groups -OCH3 is 1. The van der Waals surface area contributed by atoms with Crippen molar-refractivity contribution >= 4 is 0 Å². The van der Waals surface area contributed by atoms with Crippen LogP contribution in [-0.2, 0) is 0 Å². The molecular weight excluding hydrogens is 222 g/mol. The number of hydrogen-bond acceptors (Lipinski definition) is 2. The van der Waals surface area contributed by atoms with Crippen molar-refractivity contribution in [2.75, 3.05) is 7.11 Å². The molecule has 1 unspecified atom stereocenters. The van der Waals surface area contributed by atoms with Gasteiger partial charge < -0.3 is 10.5 Å². The first-order valence-corrected chi connectivity index (χ1v) is 6.68. The van der Waals surface area contributed by atoms with Gasteiger partial charge in [0.25, 0.3) is 0 Å². The second kappa shape index (κ2) is 5.75. The molecule has 2 heteroatoms. The number of rotatable bonds is 4. The molecule has 0 amide bonds. The van der Waals surface area contributed by atoms with Crippen molar-refractivity contribution in [3.8, 4) is 5.75 Å². The van der Waals surface area contributed by atoms with Crippen molar-refractivity contribution in [3.05, 3.63) is 29.3 Å². The van der Waals surface area contributed by atoms with Crippen LogP contribution in [0.4, 0.5) is 0 Å². The lowest BCUT2D eigenvalue weighted by molar-refractivity contribution is 0.342. The van der Waals surface area contributed by atoms with Gasteiger partial charge in [0.1, 0.15) is 5.75 Å². The van der Waals surface area contributed by atoms with E-state index < -0.39 is 0 Å². The number of nitrogens with two attached hydrogens (primary N) is 1. The Labute approximate surface area is 112 Å². The molecule has 0 bridgehead atoms. The maximum absolute atomic E-state index is 6.30. The number of benzene rings is 1. The van der Waals surface area contributed by atoms with E-state index in [0.29, 0.717) is 5.92 Å². The Morgan fingerprint density at radius 1 is 1.22 bits per heavy atom. The van der Waals surface area contributed by atoms with Crippen LogP contribution in [0.2, 0.25) is 0 Å². The Hall–Kier alpha value is -1.02. The van der Waals surface area contributed by atoms with E-state index in [2.05, 4.69) is 46.8 Å². The smallest absolute Gasteiger partial charge is 0.122 e. The maximum atomic E-state index is 6.30. The molecule has 1 atom stereocenters. The fraction of sp³-hybridized carbons (Fsp3) is 0.625. The fourth-order valence-electron chi connectivity index (χ4n) is 2.21. The van der Waals surface area contributed by atoms with Crippen LogP contribution in [0.15, 0.2) is 18.2 Å². The van der Waals surface area contributed by atoms with Crippen molar-refractivity contribution in [3.63, 3.8) is 0 Å². The third kappa shape index (κ3) is 4.02. The van der Waals surface area contributed by atoms with Gasteiger partial charge in [-0.15, -0.1) is 0 Å². The van der Waals surface area contributed by atoms with Gasteiger partial charge in [0.2, 0.25) is 0 Å². The molecule has 0 radical (unpaired) electrons. The molecule has 0 spiro atoms. The zero-order valence-corrected chi connectivity index (χ0v) is 12.6. The molecule has 0 aliphatic rings. The molecule has 1 aromatic carbocycles. The summed E-state index contributed by atoms with van der Waals surface area (Å²) in [5.74, 6) is 1.40. The Morgan fingerprint density at radius 2 is 1.83 bits per heavy atom. The number of hydrogen-bond donors (Lipinski definition) is 1. The number of ether oxygens (including phenoxy) is 1. The van der Waals surface area contributed by atoms with Crippen LogP contribution < -0.4 is 10.5 Å². The van der Waals surface area contributed by atoms with E-state index in [9.17, 15) is 0 Å². The van der Waals surface area contributed by atoms with Gasteiger partial charge in [0.05, 0.1) is 7.11 Å². The Bertz CT molecular complexity index is 391. The third-order valence-electron chi connectivity index (χ3n) is 3.14. The van der Waals surface area contributed by atoms with Crippen LogP contribution in [0, 0.1) is 5.41 Å². The summed E-state index contributed by atoms with van der Waals surface area (Å²) in [6, 6.07) is 6.40. The van der Waals surface area contributed by atoms with E-state index >= 15 is 0 Å². The van der Waals surface area contributed by atoms with Gasteiger partial charge >= 0.3 is 0 Å². The molecule has 2 N–H and O–H groups in total. The summed E-state index contributed by atoms with van der Waals surface area (Å²) in [6.07, 6.45) is 0.983. The van der Waals surface area contributed by atoms with Crippen LogP contribution in [0.3, 0.4) is 0 Å². The van der Waals surface area contributed by atoms with Gasteiger partial charge in [0.15, 0.2) is 0 Å². The minimum Gasteiger partial charge on any atom is -0.496 e. The van der Waals surface area contributed by atoms with Gasteiger partial charge in [-0.1, -0.05) is 46.8 Å². The lowest BCUT2D eigenvalue weighted by Gasteiger charge is -2.24. The van der Waals surface area contributed by atoms with Crippen molar-refractivity contribution in [1.29, 1.82) is 0 Å². The van der Waals surface area contributed by atoms with E-state index in [1.54, 1.807) is 7.11 Å². The largest absolute Gasteiger partial charge is 0.496 e. The fourth-order valence-corrected chi connectivity index (χ4v) is 2.21. The van der Waals surface area contributed by atoms with Gasteiger partial charge in [-0.25, -0.2) is 0 Å². The Balaban J connectivity index is 3.01. The zero-order chi connectivity index (χ0) is 13.9. The minimum absolute atomic E-state index is 0.0911. The van der Waals surface area contributed by atoms with Gasteiger partial charge in [-0.05, 0) is 34.9 Å². The highest BCUT2D eigenvalue weighted by molar-refractivity contribution is 5.40. The summed E-state index contributed by atoms with van der Waals surface area (Å²) in [4.78, 5) is 0. The molecule has 1 rings (SSSR count). The first-order valence-electron chi connectivity index (χ1n) is 6.68. The second-order valence-corrected chi connectivity index (χ2v) is 6.53. The molecule has 0 aliphatic heterocycles. The highest BCUT2D eigenvalue weighted by atomic mass is 16.5. The molecular formula is C16H27NO. The first-order chi connectivity index (χ1) is 8.24. The van der Waals surface area contributed by atoms with Crippen molar-refractivity contribution < 1.29 is 4.74 Å². The summed E-state index contributed by atoms with van der Waals surface area (Å²) in [7, 11) is 1.72. The van der Waals surface area contributed by atoms with E-state index in [4.69, 9.17) is 10.5 Å². The van der Waals surface area contributed by atoms with E-state index in [0.717, 1.165) is 12.2 Å². The molecule has 1 aromatic rings. The lowest BCUT2D eigenvalue weighted by atomic mass is 9.85. The Morgan fingerprint density at radius 3 is 2.28 bits per heavy atom. The molecule has 18 heavy (non-hydrogen) atoms. The summed E-state index contributed by atoms with van der Waals surface area (Å²) >= 11 is 0. The van der Waals surface area contributed by atoms with Crippen LogP contribution in [-0.4, -0.2) is 7.11 Å². The summed E-state index contributed by atoms with van der Waals surface area (Å²) in [5.41, 5.74) is 8.99. The summed E-state index contributed by atoms with van der Waals surface area (Å²) < 4.78 is 5.40. The van der Waals surface area contributed by atoms with Gasteiger partial charge in [0, 0.05) is 6.04 Å². The first kappa shape index (κ1) is 15.0. The zero-order valence-electron chi connectivity index (χ0n) is 12.6. The molecule has 0 heterocycles. The highest BCUT2D eigenvalue weighted by Crippen LogP contribution is 2.32. The van der Waals surface area contributed by atoms with E-state index in [1.165, 1.54) is 11.1 Å². The summed E-state index contributed by atoms with van der Waals surface area (Å²) in [6.45, 7) is 11.0. The van der Waals surface area contributed by atoms with Gasteiger partial charge in [-0.3, -0.25) is 0 Å². The third-order valence-corrected chi connectivity index (χ3v) is 3.14. The predicted octanol–water partition coefficient (Wildman–Crippen LogP) is 4.25. The average molecular weight is 249 g/mol. The molecule has 0 aliphatic carbocycles. The van der Waals surface area contributed by atoms with E-state index in [1.807, 2.05) is 6.07 Å². The maximum Gasteiger partial charge on any atom is 0.122 e. The molecule has 0 fully saturated rings. The van der Waals surface area contributed by atoms with Crippen LogP contribution >= 0.6 is 0 Å². The standard InChI is InChI=1S/C16H27NO/c1-11(2)13-9-12(7-8-15(13)18-6)14(17)10-16(3,4)5/h7-9,11,14H,10,17H2,1-6H3. The van der Waals surface area contributed by atoms with Crippen molar-refractivity contribution in [1.82, 2.24) is 0 Å². The minimum atomic E-state index is 0.0911. The summed E-state index contributed by atoms with van der Waals surface area (Å²) in [5, 5.41) is 0. The normalized spacial score (nSPS) is 13.8. The molecule has 0 saturated heterocycles. The SMILES string of the molecule is COc1ccc(C(N)CC(C)(C)C)cc1C(C)C. The monoisotopic (exact) mass is 249 g/mol. The van der Waals surface area contributed by atoms with E-state index in [-0.39, 0.29) is 11.5 Å². The van der Waals surface area contributed by atoms with Gasteiger partial charge in [-0.2, -0.15) is 0 Å². The lowest BCUT2D eigenvalue weighted by Crippen LogP contribution is -2.19. The molecule has 0 saturated carbocycles. The van der Waals surface area contributed by atoms with Crippen LogP contribution in [0.1, 0.15) is 64.1 Å². The predicted molar refractivity (Wildman–Crippen MR) is 78.1 cm³/mol. The van der Waals surface area contributed by atoms with Crippen molar-refractivity contribution in [2.24, 2.45) is 11.1 Å². The quantitative estimate of drug-likeness (QED) is 0.865. The van der Waals surface area contributed by atoms with Crippen molar-refractivity contribution in [2.45, 2.75) is 53.0 Å². The average Bonchev–Trinajstić information content (AvgIpc) is 2.25. The molecule has 102 valence electrons. The molecule has 2 nitrogen and oxygen atoms in total. The van der Waals surface area contributed by atoms with Crippen LogP contribution in [0.25, 0.3) is 0 Å². The molecule has 0 aromatic heterocycles. The highest BCUT2D eigenvalue weighted by Gasteiger charge is 2.18. The Kier molecular flexibility index (Phi) is 4.80.